The second-order valence-corrected chi connectivity index (χ2v) is 6.50. The summed E-state index contributed by atoms with van der Waals surface area (Å²) in [5, 5.41) is 8.02. The first-order valence-corrected chi connectivity index (χ1v) is 8.20. The number of amides is 2. The van der Waals surface area contributed by atoms with Crippen molar-refractivity contribution in [1.82, 2.24) is 4.98 Å². The predicted octanol–water partition coefficient (Wildman–Crippen LogP) is 3.12. The maximum Gasteiger partial charge on any atom is 0.265 e. The Morgan fingerprint density at radius 1 is 1.43 bits per heavy atom. The molecule has 1 atom stereocenters. The number of carbonyl (C=O) groups is 2. The Labute approximate surface area is 137 Å². The van der Waals surface area contributed by atoms with Crippen LogP contribution in [-0.2, 0) is 9.59 Å². The van der Waals surface area contributed by atoms with Crippen molar-refractivity contribution in [2.45, 2.75) is 26.9 Å². The fourth-order valence-electron chi connectivity index (χ4n) is 2.08. The summed E-state index contributed by atoms with van der Waals surface area (Å²) in [7, 11) is 0. The van der Waals surface area contributed by atoms with Crippen molar-refractivity contribution in [3.05, 3.63) is 23.6 Å². The number of rotatable bonds is 3. The second-order valence-electron chi connectivity index (χ2n) is 5.64. The van der Waals surface area contributed by atoms with E-state index in [0.29, 0.717) is 16.6 Å². The molecule has 0 saturated carbocycles. The van der Waals surface area contributed by atoms with Gasteiger partial charge in [-0.1, -0.05) is 13.8 Å². The molecule has 0 fully saturated rings. The van der Waals surface area contributed by atoms with E-state index in [4.69, 9.17) is 4.74 Å². The summed E-state index contributed by atoms with van der Waals surface area (Å²) < 4.78 is 5.53. The van der Waals surface area contributed by atoms with Gasteiger partial charge in [-0.05, 0) is 25.1 Å². The molecule has 0 aliphatic carbocycles. The van der Waals surface area contributed by atoms with Crippen LogP contribution in [0.1, 0.15) is 20.8 Å². The van der Waals surface area contributed by atoms with Gasteiger partial charge in [-0.15, -0.1) is 11.3 Å². The lowest BCUT2D eigenvalue weighted by atomic mass is 10.1. The van der Waals surface area contributed by atoms with E-state index < -0.39 is 6.10 Å². The smallest absolute Gasteiger partial charge is 0.265 e. The molecule has 0 saturated heterocycles. The van der Waals surface area contributed by atoms with Gasteiger partial charge < -0.3 is 15.4 Å². The average Bonchev–Trinajstić information content (AvgIpc) is 2.96. The zero-order valence-corrected chi connectivity index (χ0v) is 13.9. The number of nitrogens with zero attached hydrogens (tertiary/aromatic N) is 1. The van der Waals surface area contributed by atoms with Crippen molar-refractivity contribution >= 4 is 34.0 Å². The lowest BCUT2D eigenvalue weighted by Crippen LogP contribution is -2.34. The van der Waals surface area contributed by atoms with Crippen LogP contribution in [0.2, 0.25) is 0 Å². The normalized spacial score (nSPS) is 16.5. The molecular formula is C16H17N3O3S. The Hall–Kier alpha value is -2.41. The van der Waals surface area contributed by atoms with Gasteiger partial charge in [0.2, 0.25) is 5.91 Å². The molecule has 120 valence electrons. The largest absolute Gasteiger partial charge is 0.479 e. The molecule has 0 bridgehead atoms. The maximum atomic E-state index is 11.7. The van der Waals surface area contributed by atoms with Gasteiger partial charge in [0.15, 0.2) is 11.2 Å². The van der Waals surface area contributed by atoms with Crippen LogP contribution in [0.4, 0.5) is 10.8 Å². The highest BCUT2D eigenvalue weighted by Crippen LogP contribution is 2.34. The van der Waals surface area contributed by atoms with E-state index in [1.807, 2.05) is 37.4 Å². The Balaban J connectivity index is 1.83. The van der Waals surface area contributed by atoms with Gasteiger partial charge in [-0.2, -0.15) is 0 Å². The van der Waals surface area contributed by atoms with Gasteiger partial charge in [0.05, 0.1) is 11.4 Å². The molecule has 2 aromatic rings. The highest BCUT2D eigenvalue weighted by molar-refractivity contribution is 7.14. The molecule has 23 heavy (non-hydrogen) atoms. The number of anilines is 2. The van der Waals surface area contributed by atoms with Crippen LogP contribution in [0, 0.1) is 5.92 Å². The number of thiazole rings is 1. The summed E-state index contributed by atoms with van der Waals surface area (Å²) >= 11 is 1.37. The standard InChI is InChI=1S/C16H17N3O3S/c1-8(2)14(20)19-16-18-12(7-23-16)10-4-5-13-11(6-10)17-15(21)9(3)22-13/h4-9H,1-3H3,(H,17,21)(H,18,19,20). The summed E-state index contributed by atoms with van der Waals surface area (Å²) in [6.45, 7) is 5.37. The molecule has 2 heterocycles. The summed E-state index contributed by atoms with van der Waals surface area (Å²) in [6.07, 6.45) is -0.495. The molecule has 1 unspecified atom stereocenters. The van der Waals surface area contributed by atoms with Crippen molar-refractivity contribution in [2.75, 3.05) is 10.6 Å². The molecule has 0 spiro atoms. The van der Waals surface area contributed by atoms with Crippen LogP contribution in [0.3, 0.4) is 0 Å². The van der Waals surface area contributed by atoms with E-state index in [2.05, 4.69) is 15.6 Å². The van der Waals surface area contributed by atoms with Gasteiger partial charge in [0.25, 0.3) is 5.91 Å². The van der Waals surface area contributed by atoms with Crippen LogP contribution in [0.25, 0.3) is 11.3 Å². The first-order valence-electron chi connectivity index (χ1n) is 7.32. The predicted molar refractivity (Wildman–Crippen MR) is 89.7 cm³/mol. The van der Waals surface area contributed by atoms with Crippen LogP contribution in [0.5, 0.6) is 5.75 Å². The third-order valence-corrected chi connectivity index (χ3v) is 4.22. The van der Waals surface area contributed by atoms with E-state index in [1.54, 1.807) is 6.92 Å². The molecule has 3 rings (SSSR count). The summed E-state index contributed by atoms with van der Waals surface area (Å²) in [6, 6.07) is 5.51. The van der Waals surface area contributed by atoms with Crippen molar-refractivity contribution < 1.29 is 14.3 Å². The first kappa shape index (κ1) is 15.5. The number of carbonyl (C=O) groups excluding carboxylic acids is 2. The molecule has 2 N–H and O–H groups in total. The SMILES string of the molecule is CC(C)C(=O)Nc1nc(-c2ccc3c(c2)NC(=O)C(C)O3)cs1. The van der Waals surface area contributed by atoms with E-state index >= 15 is 0 Å². The van der Waals surface area contributed by atoms with Crippen LogP contribution in [-0.4, -0.2) is 22.9 Å². The molecule has 1 aromatic carbocycles. The topological polar surface area (TPSA) is 80.3 Å². The highest BCUT2D eigenvalue weighted by atomic mass is 32.1. The monoisotopic (exact) mass is 331 g/mol. The number of fused-ring (bicyclic) bond motifs is 1. The lowest BCUT2D eigenvalue weighted by Gasteiger charge is -2.23. The minimum atomic E-state index is -0.495. The quantitative estimate of drug-likeness (QED) is 0.905. The molecule has 1 aliphatic heterocycles. The number of benzene rings is 1. The molecule has 1 aliphatic rings. The Morgan fingerprint density at radius 3 is 2.96 bits per heavy atom. The number of hydrogen-bond donors (Lipinski definition) is 2. The lowest BCUT2D eigenvalue weighted by molar-refractivity contribution is -0.122. The number of ether oxygens (including phenoxy) is 1. The molecular weight excluding hydrogens is 314 g/mol. The molecule has 1 aromatic heterocycles. The van der Waals surface area contributed by atoms with Crippen molar-refractivity contribution in [3.8, 4) is 17.0 Å². The number of nitrogens with one attached hydrogen (secondary N) is 2. The molecule has 6 nitrogen and oxygen atoms in total. The third-order valence-electron chi connectivity index (χ3n) is 3.46. The average molecular weight is 331 g/mol. The van der Waals surface area contributed by atoms with Crippen LogP contribution in [0.15, 0.2) is 23.6 Å². The van der Waals surface area contributed by atoms with Gasteiger partial charge in [0.1, 0.15) is 5.75 Å². The van der Waals surface area contributed by atoms with Crippen LogP contribution < -0.4 is 15.4 Å². The second kappa shape index (κ2) is 6.00. The Bertz CT molecular complexity index is 770. The van der Waals surface area contributed by atoms with Crippen LogP contribution >= 0.6 is 11.3 Å². The maximum absolute atomic E-state index is 11.7. The minimum absolute atomic E-state index is 0.0639. The zero-order valence-electron chi connectivity index (χ0n) is 13.0. The Morgan fingerprint density at radius 2 is 2.22 bits per heavy atom. The summed E-state index contributed by atoms with van der Waals surface area (Å²) in [4.78, 5) is 27.8. The minimum Gasteiger partial charge on any atom is -0.479 e. The van der Waals surface area contributed by atoms with E-state index in [-0.39, 0.29) is 17.7 Å². The summed E-state index contributed by atoms with van der Waals surface area (Å²) in [5.41, 5.74) is 2.22. The zero-order chi connectivity index (χ0) is 16.6. The highest BCUT2D eigenvalue weighted by Gasteiger charge is 2.23. The van der Waals surface area contributed by atoms with E-state index in [1.165, 1.54) is 11.3 Å². The molecule has 7 heteroatoms. The first-order chi connectivity index (χ1) is 10.9. The molecule has 0 radical (unpaired) electrons. The van der Waals surface area contributed by atoms with Crippen molar-refractivity contribution in [3.63, 3.8) is 0 Å². The fraction of sp³-hybridized carbons (Fsp3) is 0.312. The van der Waals surface area contributed by atoms with Crippen molar-refractivity contribution in [2.24, 2.45) is 5.92 Å². The molecule has 2 amide bonds. The van der Waals surface area contributed by atoms with Gasteiger partial charge >= 0.3 is 0 Å². The van der Waals surface area contributed by atoms with Gasteiger partial charge in [-0.25, -0.2) is 4.98 Å². The third kappa shape index (κ3) is 3.19. The van der Waals surface area contributed by atoms with E-state index in [9.17, 15) is 9.59 Å². The van der Waals surface area contributed by atoms with E-state index in [0.717, 1.165) is 11.3 Å². The van der Waals surface area contributed by atoms with Gasteiger partial charge in [0, 0.05) is 16.9 Å². The van der Waals surface area contributed by atoms with Gasteiger partial charge in [-0.3, -0.25) is 9.59 Å². The number of aromatic nitrogens is 1. The summed E-state index contributed by atoms with van der Waals surface area (Å²) in [5.74, 6) is 0.314. The number of hydrogen-bond acceptors (Lipinski definition) is 5. The van der Waals surface area contributed by atoms with Crippen molar-refractivity contribution in [1.29, 1.82) is 0 Å². The fourth-order valence-corrected chi connectivity index (χ4v) is 2.80. The Kier molecular flexibility index (Phi) is 4.04.